The van der Waals surface area contributed by atoms with Crippen LogP contribution in [0.25, 0.3) is 0 Å². The highest BCUT2D eigenvalue weighted by Crippen LogP contribution is 2.39. The second-order valence-corrected chi connectivity index (χ2v) is 4.56. The van der Waals surface area contributed by atoms with Crippen LogP contribution in [-0.4, -0.2) is 11.2 Å². The Balaban J connectivity index is 1.91. The summed E-state index contributed by atoms with van der Waals surface area (Å²) in [5.41, 5.74) is 0. The Morgan fingerprint density at radius 3 is 2.00 bits per heavy atom. The monoisotopic (exact) mass is 168 g/mol. The zero-order chi connectivity index (χ0) is 8.39. The first-order chi connectivity index (χ1) is 5.88. The van der Waals surface area contributed by atoms with Crippen molar-refractivity contribution in [3.05, 3.63) is 0 Å². The molecular formula is C11H20O. The Morgan fingerprint density at radius 2 is 1.33 bits per heavy atom. The van der Waals surface area contributed by atoms with Crippen molar-refractivity contribution in [1.29, 1.82) is 0 Å². The van der Waals surface area contributed by atoms with Crippen molar-refractivity contribution >= 4 is 0 Å². The predicted molar refractivity (Wildman–Crippen MR) is 49.9 cm³/mol. The molecule has 1 N–H and O–H groups in total. The molecular weight excluding hydrogens is 148 g/mol. The van der Waals surface area contributed by atoms with Crippen molar-refractivity contribution in [1.82, 2.24) is 0 Å². The third-order valence-electron chi connectivity index (χ3n) is 3.79. The first-order valence-electron chi connectivity index (χ1n) is 5.56. The topological polar surface area (TPSA) is 20.2 Å². The van der Waals surface area contributed by atoms with E-state index in [4.69, 9.17) is 0 Å². The molecule has 0 aromatic carbocycles. The molecule has 12 heavy (non-hydrogen) atoms. The van der Waals surface area contributed by atoms with Crippen LogP contribution in [0.1, 0.15) is 51.4 Å². The fourth-order valence-corrected chi connectivity index (χ4v) is 3.08. The Hall–Kier alpha value is -0.0400. The highest BCUT2D eigenvalue weighted by Gasteiger charge is 2.31. The van der Waals surface area contributed by atoms with Crippen LogP contribution in [0.15, 0.2) is 0 Å². The van der Waals surface area contributed by atoms with E-state index in [1.165, 1.54) is 44.9 Å². The molecule has 0 spiro atoms. The average Bonchev–Trinajstić information content (AvgIpc) is 2.57. The summed E-state index contributed by atoms with van der Waals surface area (Å²) in [6.45, 7) is 0. The van der Waals surface area contributed by atoms with Crippen LogP contribution < -0.4 is 0 Å². The third-order valence-corrected chi connectivity index (χ3v) is 3.79. The summed E-state index contributed by atoms with van der Waals surface area (Å²) < 4.78 is 0. The van der Waals surface area contributed by atoms with Gasteiger partial charge >= 0.3 is 0 Å². The number of hydrogen-bond donors (Lipinski definition) is 1. The van der Waals surface area contributed by atoms with E-state index in [0.717, 1.165) is 12.3 Å². The molecule has 2 fully saturated rings. The van der Waals surface area contributed by atoms with Crippen LogP contribution in [0.2, 0.25) is 0 Å². The lowest BCUT2D eigenvalue weighted by atomic mass is 9.77. The number of aliphatic hydroxyl groups excluding tert-OH is 1. The van der Waals surface area contributed by atoms with Crippen molar-refractivity contribution in [2.24, 2.45) is 11.8 Å². The lowest BCUT2D eigenvalue weighted by Gasteiger charge is -2.32. The van der Waals surface area contributed by atoms with Crippen molar-refractivity contribution in [2.45, 2.75) is 57.5 Å². The maximum Gasteiger partial charge on any atom is 0.0571 e. The lowest BCUT2D eigenvalue weighted by Crippen LogP contribution is -2.29. The molecule has 1 heteroatoms. The van der Waals surface area contributed by atoms with Gasteiger partial charge in [-0.05, 0) is 24.7 Å². The molecule has 1 nitrogen and oxygen atoms in total. The van der Waals surface area contributed by atoms with E-state index in [9.17, 15) is 5.11 Å². The molecule has 0 heterocycles. The number of aliphatic hydroxyl groups is 1. The summed E-state index contributed by atoms with van der Waals surface area (Å²) in [7, 11) is 0. The van der Waals surface area contributed by atoms with Crippen LogP contribution >= 0.6 is 0 Å². The van der Waals surface area contributed by atoms with Gasteiger partial charge in [-0.1, -0.05) is 38.5 Å². The van der Waals surface area contributed by atoms with E-state index in [1.54, 1.807) is 0 Å². The Kier molecular flexibility index (Phi) is 2.69. The van der Waals surface area contributed by atoms with Gasteiger partial charge in [0.25, 0.3) is 0 Å². The minimum Gasteiger partial charge on any atom is -0.393 e. The Labute approximate surface area is 75.2 Å². The fourth-order valence-electron chi connectivity index (χ4n) is 3.08. The van der Waals surface area contributed by atoms with E-state index < -0.39 is 0 Å². The molecule has 2 saturated carbocycles. The van der Waals surface area contributed by atoms with Gasteiger partial charge in [0.15, 0.2) is 0 Å². The van der Waals surface area contributed by atoms with E-state index in [-0.39, 0.29) is 6.10 Å². The van der Waals surface area contributed by atoms with Crippen LogP contribution in [0.5, 0.6) is 0 Å². The smallest absolute Gasteiger partial charge is 0.0571 e. The van der Waals surface area contributed by atoms with E-state index in [2.05, 4.69) is 0 Å². The van der Waals surface area contributed by atoms with Gasteiger partial charge in [-0.25, -0.2) is 0 Å². The molecule has 0 amide bonds. The molecule has 70 valence electrons. The van der Waals surface area contributed by atoms with Crippen molar-refractivity contribution in [3.63, 3.8) is 0 Å². The van der Waals surface area contributed by atoms with E-state index in [1.807, 2.05) is 0 Å². The SMILES string of the molecule is OC1CCCCC1C1CCCC1. The first-order valence-corrected chi connectivity index (χ1v) is 5.56. The molecule has 0 bridgehead atoms. The summed E-state index contributed by atoms with van der Waals surface area (Å²) >= 11 is 0. The fraction of sp³-hybridized carbons (Fsp3) is 1.00. The van der Waals surface area contributed by atoms with Crippen molar-refractivity contribution < 1.29 is 5.11 Å². The normalized spacial score (nSPS) is 38.8. The predicted octanol–water partition coefficient (Wildman–Crippen LogP) is 2.73. The maximum atomic E-state index is 9.83. The number of hydrogen-bond acceptors (Lipinski definition) is 1. The molecule has 2 aliphatic carbocycles. The molecule has 2 unspecified atom stereocenters. The van der Waals surface area contributed by atoms with Crippen LogP contribution in [0.4, 0.5) is 0 Å². The molecule has 0 aromatic heterocycles. The van der Waals surface area contributed by atoms with Crippen LogP contribution in [-0.2, 0) is 0 Å². The van der Waals surface area contributed by atoms with E-state index >= 15 is 0 Å². The number of rotatable bonds is 1. The molecule has 0 radical (unpaired) electrons. The van der Waals surface area contributed by atoms with E-state index in [0.29, 0.717) is 5.92 Å². The van der Waals surface area contributed by atoms with Gasteiger partial charge in [-0.2, -0.15) is 0 Å². The summed E-state index contributed by atoms with van der Waals surface area (Å²) in [6.07, 6.45) is 10.6. The minimum absolute atomic E-state index is 0.0434. The maximum absolute atomic E-state index is 9.83. The van der Waals surface area contributed by atoms with Crippen molar-refractivity contribution in [2.75, 3.05) is 0 Å². The summed E-state index contributed by atoms with van der Waals surface area (Å²) in [5, 5.41) is 9.83. The Bertz CT molecular complexity index is 138. The summed E-state index contributed by atoms with van der Waals surface area (Å²) in [5.74, 6) is 1.54. The highest BCUT2D eigenvalue weighted by molar-refractivity contribution is 4.83. The molecule has 0 aromatic rings. The molecule has 0 aliphatic heterocycles. The molecule has 2 atom stereocenters. The van der Waals surface area contributed by atoms with Gasteiger partial charge in [0.2, 0.25) is 0 Å². The summed E-state index contributed by atoms with van der Waals surface area (Å²) in [4.78, 5) is 0. The van der Waals surface area contributed by atoms with Gasteiger partial charge in [0.05, 0.1) is 6.10 Å². The summed E-state index contributed by atoms with van der Waals surface area (Å²) in [6, 6.07) is 0. The second-order valence-electron chi connectivity index (χ2n) is 4.56. The molecule has 0 saturated heterocycles. The van der Waals surface area contributed by atoms with Gasteiger partial charge in [-0.3, -0.25) is 0 Å². The third kappa shape index (κ3) is 1.66. The zero-order valence-corrected chi connectivity index (χ0v) is 7.84. The van der Waals surface area contributed by atoms with Gasteiger partial charge in [0.1, 0.15) is 0 Å². The molecule has 2 aliphatic rings. The van der Waals surface area contributed by atoms with Crippen molar-refractivity contribution in [3.8, 4) is 0 Å². The van der Waals surface area contributed by atoms with Crippen LogP contribution in [0, 0.1) is 11.8 Å². The van der Waals surface area contributed by atoms with Gasteiger partial charge in [-0.15, -0.1) is 0 Å². The standard InChI is InChI=1S/C11H20O/c12-11-8-4-3-7-10(11)9-5-1-2-6-9/h9-12H,1-8H2. The lowest BCUT2D eigenvalue weighted by molar-refractivity contribution is 0.0382. The quantitative estimate of drug-likeness (QED) is 0.638. The minimum atomic E-state index is 0.0434. The highest BCUT2D eigenvalue weighted by atomic mass is 16.3. The Morgan fingerprint density at radius 1 is 0.750 bits per heavy atom. The van der Waals surface area contributed by atoms with Gasteiger partial charge in [0, 0.05) is 0 Å². The first kappa shape index (κ1) is 8.55. The average molecular weight is 168 g/mol. The zero-order valence-electron chi connectivity index (χ0n) is 7.84. The van der Waals surface area contributed by atoms with Gasteiger partial charge < -0.3 is 5.11 Å². The van der Waals surface area contributed by atoms with Crippen LogP contribution in [0.3, 0.4) is 0 Å². The second kappa shape index (κ2) is 3.78. The largest absolute Gasteiger partial charge is 0.393 e. The molecule has 2 rings (SSSR count).